The molecule has 2 aromatic rings. The van der Waals surface area contributed by atoms with Gasteiger partial charge in [-0.1, -0.05) is 41.4 Å². The fourth-order valence-electron chi connectivity index (χ4n) is 2.43. The number of rotatable bonds is 5. The fourth-order valence-corrected chi connectivity index (χ4v) is 2.67. The molecule has 1 aromatic heterocycles. The molecule has 1 atom stereocenters. The molecule has 1 N–H and O–H groups in total. The van der Waals surface area contributed by atoms with Gasteiger partial charge in [-0.15, -0.1) is 0 Å². The molecular weight excluding hydrogens is 272 g/mol. The Kier molecular flexibility index (Phi) is 4.84. The van der Waals surface area contributed by atoms with Gasteiger partial charge >= 0.3 is 0 Å². The Bertz CT molecular complexity index is 592. The smallest absolute Gasteiger partial charge is 0.0847 e. The molecule has 0 saturated carbocycles. The Morgan fingerprint density at radius 1 is 1.35 bits per heavy atom. The Morgan fingerprint density at radius 2 is 2.10 bits per heavy atom. The number of nitrogens with zero attached hydrogens (tertiary/aromatic N) is 2. The first-order valence-electron chi connectivity index (χ1n) is 6.89. The molecule has 0 aliphatic heterocycles. The van der Waals surface area contributed by atoms with Crippen LogP contribution in [0.2, 0.25) is 5.02 Å². The van der Waals surface area contributed by atoms with Gasteiger partial charge in [-0.05, 0) is 32.3 Å². The van der Waals surface area contributed by atoms with E-state index in [0.717, 1.165) is 24.2 Å². The van der Waals surface area contributed by atoms with Gasteiger partial charge in [0, 0.05) is 13.5 Å². The zero-order chi connectivity index (χ0) is 14.7. The van der Waals surface area contributed by atoms with E-state index in [0.29, 0.717) is 11.4 Å². The summed E-state index contributed by atoms with van der Waals surface area (Å²) in [4.78, 5) is 0. The molecule has 1 heterocycles. The third-order valence-corrected chi connectivity index (χ3v) is 4.03. The summed E-state index contributed by atoms with van der Waals surface area (Å²) in [5.41, 5.74) is 4.23. The molecule has 0 saturated heterocycles. The van der Waals surface area contributed by atoms with Crippen LogP contribution in [0.25, 0.3) is 0 Å². The second-order valence-electron chi connectivity index (χ2n) is 5.36. The van der Waals surface area contributed by atoms with Crippen LogP contribution >= 0.6 is 11.6 Å². The van der Waals surface area contributed by atoms with Gasteiger partial charge in [-0.3, -0.25) is 4.68 Å². The second kappa shape index (κ2) is 6.42. The number of halogens is 1. The highest BCUT2D eigenvalue weighted by Crippen LogP contribution is 2.21. The molecule has 20 heavy (non-hydrogen) atoms. The minimum atomic E-state index is -0.400. The maximum Gasteiger partial charge on any atom is 0.0847 e. The van der Waals surface area contributed by atoms with Crippen molar-refractivity contribution in [3.05, 3.63) is 51.8 Å². The third kappa shape index (κ3) is 3.62. The lowest BCUT2D eigenvalue weighted by Crippen LogP contribution is -2.14. The van der Waals surface area contributed by atoms with E-state index in [-0.39, 0.29) is 0 Å². The summed E-state index contributed by atoms with van der Waals surface area (Å²) in [5, 5.41) is 15.1. The van der Waals surface area contributed by atoms with Crippen molar-refractivity contribution < 1.29 is 5.11 Å². The summed E-state index contributed by atoms with van der Waals surface area (Å²) >= 11 is 6.20. The molecule has 0 fully saturated rings. The van der Waals surface area contributed by atoms with Crippen LogP contribution in [-0.2, 0) is 19.9 Å². The molecule has 1 unspecified atom stereocenters. The van der Waals surface area contributed by atoms with Crippen molar-refractivity contribution in [2.75, 3.05) is 0 Å². The van der Waals surface area contributed by atoms with Gasteiger partial charge in [0.05, 0.1) is 22.5 Å². The topological polar surface area (TPSA) is 38.1 Å². The molecule has 0 bridgehead atoms. The first-order valence-corrected chi connectivity index (χ1v) is 7.26. The Balaban J connectivity index is 1.94. The molecule has 108 valence electrons. The van der Waals surface area contributed by atoms with Crippen LogP contribution in [0.15, 0.2) is 24.3 Å². The maximum absolute atomic E-state index is 10.2. The highest BCUT2D eigenvalue weighted by atomic mass is 35.5. The van der Waals surface area contributed by atoms with Crippen molar-refractivity contribution in [3.8, 4) is 0 Å². The van der Waals surface area contributed by atoms with Gasteiger partial charge in [0.25, 0.3) is 0 Å². The molecule has 3 nitrogen and oxygen atoms in total. The lowest BCUT2D eigenvalue weighted by molar-refractivity contribution is 0.163. The van der Waals surface area contributed by atoms with Crippen LogP contribution in [0.1, 0.15) is 28.9 Å². The summed E-state index contributed by atoms with van der Waals surface area (Å²) < 4.78 is 1.76. The monoisotopic (exact) mass is 292 g/mol. The summed E-state index contributed by atoms with van der Waals surface area (Å²) in [7, 11) is 1.86. The molecule has 0 aliphatic rings. The zero-order valence-electron chi connectivity index (χ0n) is 12.2. The Hall–Kier alpha value is -1.32. The van der Waals surface area contributed by atoms with E-state index in [4.69, 9.17) is 11.6 Å². The minimum absolute atomic E-state index is 0.400. The number of aryl methyl sites for hydroxylation is 4. The molecule has 1 aromatic carbocycles. The average Bonchev–Trinajstić information content (AvgIpc) is 2.63. The van der Waals surface area contributed by atoms with E-state index in [1.54, 1.807) is 4.68 Å². The van der Waals surface area contributed by atoms with Gasteiger partial charge in [-0.25, -0.2) is 0 Å². The van der Waals surface area contributed by atoms with Crippen LogP contribution in [0, 0.1) is 13.8 Å². The highest BCUT2D eigenvalue weighted by molar-refractivity contribution is 6.31. The molecule has 0 spiro atoms. The van der Waals surface area contributed by atoms with Crippen LogP contribution in [0.4, 0.5) is 0 Å². The van der Waals surface area contributed by atoms with E-state index < -0.39 is 6.10 Å². The van der Waals surface area contributed by atoms with Crippen LogP contribution in [0.5, 0.6) is 0 Å². The van der Waals surface area contributed by atoms with E-state index in [2.05, 4.69) is 36.3 Å². The predicted molar refractivity (Wildman–Crippen MR) is 82.2 cm³/mol. The SMILES string of the molecule is Cc1cccc(CCC(O)Cc2c(Cl)c(C)nn2C)c1. The molecular formula is C16H21ClN2O. The molecule has 0 amide bonds. The van der Waals surface area contributed by atoms with Gasteiger partial charge in [-0.2, -0.15) is 5.10 Å². The Morgan fingerprint density at radius 3 is 2.70 bits per heavy atom. The minimum Gasteiger partial charge on any atom is -0.393 e. The van der Waals surface area contributed by atoms with Crippen molar-refractivity contribution in [1.82, 2.24) is 9.78 Å². The number of hydrogen-bond donors (Lipinski definition) is 1. The summed E-state index contributed by atoms with van der Waals surface area (Å²) in [6, 6.07) is 8.39. The van der Waals surface area contributed by atoms with Crippen molar-refractivity contribution >= 4 is 11.6 Å². The van der Waals surface area contributed by atoms with Crippen LogP contribution < -0.4 is 0 Å². The van der Waals surface area contributed by atoms with Crippen LogP contribution in [-0.4, -0.2) is 21.0 Å². The van der Waals surface area contributed by atoms with E-state index in [9.17, 15) is 5.11 Å². The third-order valence-electron chi connectivity index (χ3n) is 3.54. The molecule has 4 heteroatoms. The van der Waals surface area contributed by atoms with Crippen molar-refractivity contribution in [2.24, 2.45) is 7.05 Å². The van der Waals surface area contributed by atoms with E-state index in [1.807, 2.05) is 14.0 Å². The standard InChI is InChI=1S/C16H21ClN2O/c1-11-5-4-6-13(9-11)7-8-14(20)10-15-16(17)12(2)18-19(15)3/h4-6,9,14,20H,7-8,10H2,1-3H3. The average molecular weight is 293 g/mol. The van der Waals surface area contributed by atoms with E-state index in [1.165, 1.54) is 11.1 Å². The van der Waals surface area contributed by atoms with E-state index >= 15 is 0 Å². The molecule has 2 rings (SSSR count). The van der Waals surface area contributed by atoms with Crippen LogP contribution in [0.3, 0.4) is 0 Å². The molecule has 0 aliphatic carbocycles. The summed E-state index contributed by atoms with van der Waals surface area (Å²) in [5.74, 6) is 0. The number of benzene rings is 1. The second-order valence-corrected chi connectivity index (χ2v) is 5.73. The number of aromatic nitrogens is 2. The summed E-state index contributed by atoms with van der Waals surface area (Å²) in [6.45, 7) is 3.96. The lowest BCUT2D eigenvalue weighted by Gasteiger charge is -2.11. The van der Waals surface area contributed by atoms with Crippen molar-refractivity contribution in [3.63, 3.8) is 0 Å². The van der Waals surface area contributed by atoms with Crippen molar-refractivity contribution in [1.29, 1.82) is 0 Å². The quantitative estimate of drug-likeness (QED) is 0.919. The normalized spacial score (nSPS) is 12.7. The van der Waals surface area contributed by atoms with Gasteiger partial charge in [0.15, 0.2) is 0 Å². The maximum atomic E-state index is 10.2. The largest absolute Gasteiger partial charge is 0.393 e. The highest BCUT2D eigenvalue weighted by Gasteiger charge is 2.15. The fraction of sp³-hybridized carbons (Fsp3) is 0.438. The zero-order valence-corrected chi connectivity index (χ0v) is 13.0. The van der Waals surface area contributed by atoms with Crippen molar-refractivity contribution in [2.45, 2.75) is 39.2 Å². The number of hydrogen-bond acceptors (Lipinski definition) is 2. The lowest BCUT2D eigenvalue weighted by atomic mass is 10.0. The number of aliphatic hydroxyl groups is 1. The number of aliphatic hydroxyl groups excluding tert-OH is 1. The first kappa shape index (κ1) is 15.1. The first-order chi connectivity index (χ1) is 9.47. The summed E-state index contributed by atoms with van der Waals surface area (Å²) in [6.07, 6.45) is 1.74. The van der Waals surface area contributed by atoms with Gasteiger partial charge in [0.2, 0.25) is 0 Å². The Labute approximate surface area is 125 Å². The van der Waals surface area contributed by atoms with Gasteiger partial charge in [0.1, 0.15) is 0 Å². The predicted octanol–water partition coefficient (Wildman–Crippen LogP) is 3.23. The molecule has 0 radical (unpaired) electrons. The van der Waals surface area contributed by atoms with Gasteiger partial charge < -0.3 is 5.11 Å².